The molecule has 0 spiro atoms. The topological polar surface area (TPSA) is 168 Å². The molecule has 0 saturated heterocycles. The normalized spacial score (nSPS) is 11.1. The molecule has 0 unspecified atom stereocenters. The number of benzene rings is 1. The summed E-state index contributed by atoms with van der Waals surface area (Å²) in [6, 6.07) is 5.93. The molecule has 0 atom stereocenters. The van der Waals surface area contributed by atoms with Gasteiger partial charge in [0.1, 0.15) is 23.9 Å². The number of carbonyl (C=O) groups is 1. The standard InChI is InChI=1S/C15H15FN5O6PS/c16-10-3-4-13(27-28(23,24)25)9(6-10)8-26-15(22)20-11-2-1-5-18-12(11)7-19-21-14(17)29/h1-7H,8H2,(H,20,22)(H3,17,21,29)(H2,23,24,25)/b19-7+. The minimum absolute atomic E-state index is 0.0606. The van der Waals surface area contributed by atoms with E-state index in [1.807, 2.05) is 0 Å². The molecule has 0 aliphatic rings. The van der Waals surface area contributed by atoms with Crippen LogP contribution in [0.4, 0.5) is 14.9 Å². The van der Waals surface area contributed by atoms with Crippen LogP contribution >= 0.6 is 20.0 Å². The fourth-order valence-electron chi connectivity index (χ4n) is 1.95. The van der Waals surface area contributed by atoms with Crippen molar-refractivity contribution < 1.29 is 32.8 Å². The second kappa shape index (κ2) is 9.89. The summed E-state index contributed by atoms with van der Waals surface area (Å²) in [6.07, 6.45) is 1.77. The minimum Gasteiger partial charge on any atom is -0.444 e. The molecule has 0 radical (unpaired) electrons. The molecule has 2 aromatic rings. The molecular formula is C15H15FN5O6PS. The van der Waals surface area contributed by atoms with Gasteiger partial charge in [-0.1, -0.05) is 0 Å². The fraction of sp³-hybridized carbons (Fsp3) is 0.0667. The van der Waals surface area contributed by atoms with E-state index in [4.69, 9.17) is 20.3 Å². The Morgan fingerprint density at radius 2 is 2.17 bits per heavy atom. The van der Waals surface area contributed by atoms with Crippen LogP contribution in [0.5, 0.6) is 5.75 Å². The highest BCUT2D eigenvalue weighted by molar-refractivity contribution is 7.80. The van der Waals surface area contributed by atoms with Gasteiger partial charge >= 0.3 is 13.9 Å². The molecule has 1 aromatic heterocycles. The van der Waals surface area contributed by atoms with Gasteiger partial charge in [-0.15, -0.1) is 0 Å². The Labute approximate surface area is 169 Å². The van der Waals surface area contributed by atoms with Crippen LogP contribution < -0.4 is 21.0 Å². The highest BCUT2D eigenvalue weighted by Gasteiger charge is 2.19. The summed E-state index contributed by atoms with van der Waals surface area (Å²) in [5.41, 5.74) is 7.98. The van der Waals surface area contributed by atoms with E-state index in [2.05, 4.69) is 37.6 Å². The molecule has 0 aliphatic carbocycles. The first-order chi connectivity index (χ1) is 13.6. The number of rotatable bonds is 7. The van der Waals surface area contributed by atoms with Gasteiger partial charge in [0.25, 0.3) is 0 Å². The molecule has 1 heterocycles. The van der Waals surface area contributed by atoms with Gasteiger partial charge in [0.05, 0.1) is 11.9 Å². The van der Waals surface area contributed by atoms with Crippen molar-refractivity contribution >= 4 is 43.1 Å². The first-order valence-electron chi connectivity index (χ1n) is 7.65. The van der Waals surface area contributed by atoms with Gasteiger partial charge in [-0.2, -0.15) is 5.10 Å². The molecular weight excluding hydrogens is 428 g/mol. The van der Waals surface area contributed by atoms with Crippen molar-refractivity contribution in [1.29, 1.82) is 0 Å². The van der Waals surface area contributed by atoms with Crippen molar-refractivity contribution in [3.63, 3.8) is 0 Å². The quantitative estimate of drug-likeness (QED) is 0.183. The zero-order valence-electron chi connectivity index (χ0n) is 14.5. The van der Waals surface area contributed by atoms with Crippen molar-refractivity contribution in [2.24, 2.45) is 10.8 Å². The van der Waals surface area contributed by atoms with Gasteiger partial charge in [0.2, 0.25) is 0 Å². The molecule has 14 heteroatoms. The number of aromatic nitrogens is 1. The van der Waals surface area contributed by atoms with Gasteiger partial charge in [-0.05, 0) is 42.5 Å². The summed E-state index contributed by atoms with van der Waals surface area (Å²) in [7, 11) is -4.88. The number of pyridine rings is 1. The number of nitrogens with one attached hydrogen (secondary N) is 2. The average molecular weight is 443 g/mol. The van der Waals surface area contributed by atoms with Gasteiger partial charge in [0.15, 0.2) is 5.11 Å². The predicted molar refractivity (Wildman–Crippen MR) is 105 cm³/mol. The minimum atomic E-state index is -4.88. The Morgan fingerprint density at radius 1 is 1.41 bits per heavy atom. The summed E-state index contributed by atoms with van der Waals surface area (Å²) in [6.45, 7) is -0.522. The van der Waals surface area contributed by atoms with Crippen LogP contribution in [0, 0.1) is 5.82 Å². The number of ether oxygens (including phenoxy) is 1. The SMILES string of the molecule is NC(=S)N/N=C/c1ncccc1NC(=O)OCc1cc(F)ccc1OP(=O)(O)O. The monoisotopic (exact) mass is 443 g/mol. The van der Waals surface area contributed by atoms with Gasteiger partial charge in [0, 0.05) is 11.8 Å². The Kier molecular flexibility index (Phi) is 7.56. The number of hydrogen-bond donors (Lipinski definition) is 5. The van der Waals surface area contributed by atoms with Gasteiger partial charge in [-0.3, -0.25) is 25.5 Å². The van der Waals surface area contributed by atoms with Crippen molar-refractivity contribution in [2.75, 3.05) is 5.32 Å². The maximum atomic E-state index is 13.4. The van der Waals surface area contributed by atoms with Crippen LogP contribution in [-0.4, -0.2) is 32.2 Å². The number of phosphoric ester groups is 1. The molecule has 1 amide bonds. The molecule has 0 bridgehead atoms. The molecule has 0 aliphatic heterocycles. The van der Waals surface area contributed by atoms with Crippen molar-refractivity contribution in [3.05, 3.63) is 53.6 Å². The molecule has 6 N–H and O–H groups in total. The Bertz CT molecular complexity index is 985. The molecule has 2 rings (SSSR count). The lowest BCUT2D eigenvalue weighted by molar-refractivity contribution is 0.154. The van der Waals surface area contributed by atoms with E-state index in [0.717, 1.165) is 18.2 Å². The number of amides is 1. The Balaban J connectivity index is 2.06. The van der Waals surface area contributed by atoms with Gasteiger partial charge < -0.3 is 15.0 Å². The third kappa shape index (κ3) is 7.79. The van der Waals surface area contributed by atoms with Gasteiger partial charge in [-0.25, -0.2) is 13.8 Å². The lowest BCUT2D eigenvalue weighted by atomic mass is 10.2. The second-order valence-corrected chi connectivity index (χ2v) is 6.81. The largest absolute Gasteiger partial charge is 0.524 e. The zero-order valence-corrected chi connectivity index (χ0v) is 16.2. The number of anilines is 1. The molecule has 0 saturated carbocycles. The van der Waals surface area contributed by atoms with Crippen molar-refractivity contribution in [1.82, 2.24) is 10.4 Å². The lowest BCUT2D eigenvalue weighted by Crippen LogP contribution is -2.24. The number of hydrogen-bond acceptors (Lipinski definition) is 7. The van der Waals surface area contributed by atoms with Crippen LogP contribution in [0.15, 0.2) is 41.6 Å². The van der Waals surface area contributed by atoms with E-state index in [-0.39, 0.29) is 27.8 Å². The maximum absolute atomic E-state index is 13.4. The lowest BCUT2D eigenvalue weighted by Gasteiger charge is -2.13. The second-order valence-electron chi connectivity index (χ2n) is 5.21. The molecule has 11 nitrogen and oxygen atoms in total. The summed E-state index contributed by atoms with van der Waals surface area (Å²) >= 11 is 4.60. The van der Waals surface area contributed by atoms with E-state index < -0.39 is 26.3 Å². The molecule has 154 valence electrons. The van der Waals surface area contributed by atoms with E-state index in [1.54, 1.807) is 6.07 Å². The fourth-order valence-corrected chi connectivity index (χ4v) is 2.44. The first kappa shape index (κ1) is 22.2. The van der Waals surface area contributed by atoms with Crippen molar-refractivity contribution in [2.45, 2.75) is 6.61 Å². The maximum Gasteiger partial charge on any atom is 0.524 e. The molecule has 1 aromatic carbocycles. The first-order valence-corrected chi connectivity index (χ1v) is 9.59. The Morgan fingerprint density at radius 3 is 2.86 bits per heavy atom. The van der Waals surface area contributed by atoms with Crippen LogP contribution in [0.2, 0.25) is 0 Å². The van der Waals surface area contributed by atoms with Crippen LogP contribution in [0.3, 0.4) is 0 Å². The van der Waals surface area contributed by atoms with Crippen LogP contribution in [0.1, 0.15) is 11.3 Å². The third-order valence-corrected chi connectivity index (χ3v) is 3.56. The summed E-state index contributed by atoms with van der Waals surface area (Å²) in [5, 5.41) is 6.08. The highest BCUT2D eigenvalue weighted by atomic mass is 32.1. The number of halogens is 1. The van der Waals surface area contributed by atoms with Crippen molar-refractivity contribution in [3.8, 4) is 5.75 Å². The van der Waals surface area contributed by atoms with Crippen LogP contribution in [-0.2, 0) is 15.9 Å². The molecule has 29 heavy (non-hydrogen) atoms. The highest BCUT2D eigenvalue weighted by Crippen LogP contribution is 2.39. The third-order valence-electron chi connectivity index (χ3n) is 3.04. The summed E-state index contributed by atoms with van der Waals surface area (Å²) in [5.74, 6) is -1.04. The smallest absolute Gasteiger partial charge is 0.444 e. The average Bonchev–Trinajstić information content (AvgIpc) is 2.62. The summed E-state index contributed by atoms with van der Waals surface area (Å²) in [4.78, 5) is 33.9. The predicted octanol–water partition coefficient (Wildman–Crippen LogP) is 1.61. The van der Waals surface area contributed by atoms with E-state index in [0.29, 0.717) is 0 Å². The zero-order chi connectivity index (χ0) is 21.4. The van der Waals surface area contributed by atoms with E-state index in [1.165, 1.54) is 18.5 Å². The number of phosphoric acid groups is 1. The number of nitrogens with zero attached hydrogens (tertiary/aromatic N) is 2. The number of nitrogens with two attached hydrogens (primary N) is 1. The number of thiocarbonyl (C=S) groups is 1. The van der Waals surface area contributed by atoms with Crippen LogP contribution in [0.25, 0.3) is 0 Å². The van der Waals surface area contributed by atoms with E-state index in [9.17, 15) is 13.8 Å². The number of carbonyl (C=O) groups excluding carboxylic acids is 1. The molecule has 0 fully saturated rings. The van der Waals surface area contributed by atoms with E-state index >= 15 is 0 Å². The Hall–Kier alpha value is -3.12. The summed E-state index contributed by atoms with van der Waals surface area (Å²) < 4.78 is 33.8. The number of hydrazone groups is 1.